The lowest BCUT2D eigenvalue weighted by molar-refractivity contribution is 0.541. The van der Waals surface area contributed by atoms with Crippen LogP contribution in [0.2, 0.25) is 0 Å². The van der Waals surface area contributed by atoms with Crippen LogP contribution in [0.5, 0.6) is 0 Å². The summed E-state index contributed by atoms with van der Waals surface area (Å²) in [5.41, 5.74) is 0.869. The highest BCUT2D eigenvalue weighted by Crippen LogP contribution is 2.21. The minimum atomic E-state index is 0.557. The Morgan fingerprint density at radius 3 is 2.94 bits per heavy atom. The highest BCUT2D eigenvalue weighted by atomic mass is 15.3. The molecule has 98 valence electrons. The molecule has 6 heteroatoms. The number of aryl methyl sites for hydroxylation is 1. The van der Waals surface area contributed by atoms with Crippen LogP contribution >= 0.6 is 0 Å². The number of nitrogens with zero attached hydrogens (tertiary/aromatic N) is 5. The van der Waals surface area contributed by atoms with E-state index in [1.54, 1.807) is 11.0 Å². The van der Waals surface area contributed by atoms with Gasteiger partial charge in [0.25, 0.3) is 0 Å². The Morgan fingerprint density at radius 2 is 2.22 bits per heavy atom. The van der Waals surface area contributed by atoms with Crippen LogP contribution in [0.1, 0.15) is 6.92 Å². The summed E-state index contributed by atoms with van der Waals surface area (Å²) in [5, 5.41) is 8.42. The molecular formula is C12H20N6. The summed E-state index contributed by atoms with van der Waals surface area (Å²) in [5.74, 6) is 1.50. The van der Waals surface area contributed by atoms with E-state index in [4.69, 9.17) is 0 Å². The van der Waals surface area contributed by atoms with Gasteiger partial charge >= 0.3 is 0 Å². The van der Waals surface area contributed by atoms with Gasteiger partial charge in [-0.25, -0.2) is 9.97 Å². The lowest BCUT2D eigenvalue weighted by Crippen LogP contribution is -2.30. The van der Waals surface area contributed by atoms with E-state index in [-0.39, 0.29) is 0 Å². The van der Waals surface area contributed by atoms with Crippen molar-refractivity contribution in [3.63, 3.8) is 0 Å². The standard InChI is InChI=1S/C12H20N6/c1-9(5-13-2)7-17(3)11-10-6-16-18(4)12(10)15-8-14-11/h6,8-9,13H,5,7H2,1-4H3. The van der Waals surface area contributed by atoms with Gasteiger partial charge in [0.05, 0.1) is 11.6 Å². The van der Waals surface area contributed by atoms with E-state index >= 15 is 0 Å². The molecule has 2 heterocycles. The second-order valence-corrected chi connectivity index (χ2v) is 4.75. The molecule has 6 nitrogen and oxygen atoms in total. The first-order chi connectivity index (χ1) is 8.63. The fourth-order valence-corrected chi connectivity index (χ4v) is 2.22. The number of hydrogen-bond acceptors (Lipinski definition) is 5. The molecule has 0 bridgehead atoms. The Balaban J connectivity index is 2.25. The largest absolute Gasteiger partial charge is 0.359 e. The van der Waals surface area contributed by atoms with Crippen LogP contribution in [0, 0.1) is 5.92 Å². The van der Waals surface area contributed by atoms with E-state index in [1.165, 1.54) is 0 Å². The first kappa shape index (κ1) is 12.8. The Morgan fingerprint density at radius 1 is 1.44 bits per heavy atom. The minimum Gasteiger partial charge on any atom is -0.359 e. The van der Waals surface area contributed by atoms with Crippen molar-refractivity contribution in [2.75, 3.05) is 32.1 Å². The topological polar surface area (TPSA) is 58.9 Å². The van der Waals surface area contributed by atoms with Crippen LogP contribution in [0.25, 0.3) is 11.0 Å². The number of nitrogens with one attached hydrogen (secondary N) is 1. The summed E-state index contributed by atoms with van der Waals surface area (Å²) in [6, 6.07) is 0. The maximum atomic E-state index is 4.37. The third-order valence-electron chi connectivity index (χ3n) is 3.01. The third-order valence-corrected chi connectivity index (χ3v) is 3.01. The molecule has 0 amide bonds. The van der Waals surface area contributed by atoms with Crippen molar-refractivity contribution < 1.29 is 0 Å². The summed E-state index contributed by atoms with van der Waals surface area (Å²) in [6.07, 6.45) is 3.42. The molecule has 0 spiro atoms. The van der Waals surface area contributed by atoms with Crippen LogP contribution in [0.4, 0.5) is 5.82 Å². The number of rotatable bonds is 5. The molecular weight excluding hydrogens is 228 g/mol. The SMILES string of the molecule is CNCC(C)CN(C)c1ncnc2c1cnn2C. The highest BCUT2D eigenvalue weighted by Gasteiger charge is 2.13. The number of aromatic nitrogens is 4. The van der Waals surface area contributed by atoms with Crippen molar-refractivity contribution in [1.29, 1.82) is 0 Å². The zero-order valence-electron chi connectivity index (χ0n) is 11.4. The van der Waals surface area contributed by atoms with Gasteiger partial charge in [-0.2, -0.15) is 5.10 Å². The van der Waals surface area contributed by atoms with Gasteiger partial charge in [0.1, 0.15) is 12.1 Å². The van der Waals surface area contributed by atoms with Gasteiger partial charge in [0, 0.05) is 20.6 Å². The molecule has 0 aliphatic heterocycles. The van der Waals surface area contributed by atoms with Crippen molar-refractivity contribution >= 4 is 16.9 Å². The molecule has 1 unspecified atom stereocenters. The van der Waals surface area contributed by atoms with Crippen molar-refractivity contribution in [3.8, 4) is 0 Å². The molecule has 18 heavy (non-hydrogen) atoms. The van der Waals surface area contributed by atoms with Crippen LogP contribution in [0.3, 0.4) is 0 Å². The summed E-state index contributed by atoms with van der Waals surface area (Å²) in [6.45, 7) is 4.15. The van der Waals surface area contributed by atoms with Crippen molar-refractivity contribution in [2.24, 2.45) is 13.0 Å². The fraction of sp³-hybridized carbons (Fsp3) is 0.583. The van der Waals surface area contributed by atoms with E-state index < -0.39 is 0 Å². The van der Waals surface area contributed by atoms with Crippen LogP contribution in [-0.4, -0.2) is 46.9 Å². The normalized spacial score (nSPS) is 12.9. The van der Waals surface area contributed by atoms with Crippen molar-refractivity contribution in [1.82, 2.24) is 25.1 Å². The summed E-state index contributed by atoms with van der Waals surface area (Å²) < 4.78 is 1.77. The van der Waals surface area contributed by atoms with E-state index in [9.17, 15) is 0 Å². The van der Waals surface area contributed by atoms with Crippen LogP contribution < -0.4 is 10.2 Å². The van der Waals surface area contributed by atoms with Crippen molar-refractivity contribution in [3.05, 3.63) is 12.5 Å². The van der Waals surface area contributed by atoms with Gasteiger partial charge in [-0.3, -0.25) is 4.68 Å². The molecule has 0 aliphatic rings. The highest BCUT2D eigenvalue weighted by molar-refractivity contribution is 5.86. The fourth-order valence-electron chi connectivity index (χ4n) is 2.22. The number of anilines is 1. The second-order valence-electron chi connectivity index (χ2n) is 4.75. The molecule has 2 rings (SSSR count). The van der Waals surface area contributed by atoms with Gasteiger partial charge in [-0.1, -0.05) is 6.92 Å². The molecule has 0 aromatic carbocycles. The lowest BCUT2D eigenvalue weighted by Gasteiger charge is -2.22. The van der Waals surface area contributed by atoms with E-state index in [2.05, 4.69) is 39.3 Å². The van der Waals surface area contributed by atoms with E-state index in [0.29, 0.717) is 5.92 Å². The molecule has 2 aromatic heterocycles. The first-order valence-electron chi connectivity index (χ1n) is 6.12. The zero-order chi connectivity index (χ0) is 13.1. The van der Waals surface area contributed by atoms with Gasteiger partial charge in [-0.15, -0.1) is 0 Å². The molecule has 0 saturated heterocycles. The molecule has 0 aliphatic carbocycles. The van der Waals surface area contributed by atoms with Gasteiger partial charge < -0.3 is 10.2 Å². The average Bonchev–Trinajstić information content (AvgIpc) is 2.71. The maximum absolute atomic E-state index is 4.37. The quantitative estimate of drug-likeness (QED) is 0.842. The Kier molecular flexibility index (Phi) is 3.76. The summed E-state index contributed by atoms with van der Waals surface area (Å²) in [7, 11) is 5.92. The van der Waals surface area contributed by atoms with Gasteiger partial charge in [-0.05, 0) is 19.5 Å². The summed E-state index contributed by atoms with van der Waals surface area (Å²) in [4.78, 5) is 10.8. The molecule has 0 fully saturated rings. The van der Waals surface area contributed by atoms with Crippen LogP contribution in [-0.2, 0) is 7.05 Å². The molecule has 2 aromatic rings. The summed E-state index contributed by atoms with van der Waals surface area (Å²) >= 11 is 0. The predicted octanol–water partition coefficient (Wildman–Crippen LogP) is 0.655. The Bertz CT molecular complexity index is 520. The predicted molar refractivity (Wildman–Crippen MR) is 72.7 cm³/mol. The molecule has 1 N–H and O–H groups in total. The molecule has 1 atom stereocenters. The van der Waals surface area contributed by atoms with E-state index in [0.717, 1.165) is 29.9 Å². The number of hydrogen-bond donors (Lipinski definition) is 1. The first-order valence-corrected chi connectivity index (χ1v) is 6.12. The van der Waals surface area contributed by atoms with Gasteiger partial charge in [0.2, 0.25) is 0 Å². The van der Waals surface area contributed by atoms with Gasteiger partial charge in [0.15, 0.2) is 5.65 Å². The smallest absolute Gasteiger partial charge is 0.163 e. The third kappa shape index (κ3) is 2.43. The maximum Gasteiger partial charge on any atom is 0.163 e. The monoisotopic (exact) mass is 248 g/mol. The lowest BCUT2D eigenvalue weighted by atomic mass is 10.1. The zero-order valence-corrected chi connectivity index (χ0v) is 11.4. The number of fused-ring (bicyclic) bond motifs is 1. The average molecular weight is 248 g/mol. The molecule has 0 radical (unpaired) electrons. The van der Waals surface area contributed by atoms with E-state index in [1.807, 2.05) is 20.3 Å². The van der Waals surface area contributed by atoms with Crippen molar-refractivity contribution in [2.45, 2.75) is 6.92 Å². The minimum absolute atomic E-state index is 0.557. The Hall–Kier alpha value is -1.69. The Labute approximate surface area is 107 Å². The van der Waals surface area contributed by atoms with Crippen LogP contribution in [0.15, 0.2) is 12.5 Å². The second kappa shape index (κ2) is 5.30. The molecule has 0 saturated carbocycles.